The Hall–Kier alpha value is -1.47. The third-order valence-corrected chi connectivity index (χ3v) is 2.30. The van der Waals surface area contributed by atoms with E-state index in [0.29, 0.717) is 6.07 Å². The highest BCUT2D eigenvalue weighted by Gasteiger charge is 2.36. The first-order valence-electron chi connectivity index (χ1n) is 4.22. The molecule has 1 unspecified atom stereocenters. The molecule has 0 fully saturated rings. The standard InChI is InChI=1S/C9H7ClF3NO3/c10-5-2-3(6(14)8(16)17)1-4(7(5)15)9(11,12)13/h1-2,6,15H,14H2,(H,16,17). The third kappa shape index (κ3) is 2.80. The summed E-state index contributed by atoms with van der Waals surface area (Å²) < 4.78 is 37.4. The summed E-state index contributed by atoms with van der Waals surface area (Å²) >= 11 is 5.38. The van der Waals surface area contributed by atoms with Gasteiger partial charge in [-0.1, -0.05) is 11.6 Å². The topological polar surface area (TPSA) is 83.6 Å². The molecule has 4 nitrogen and oxygen atoms in total. The lowest BCUT2D eigenvalue weighted by Crippen LogP contribution is -2.21. The van der Waals surface area contributed by atoms with Gasteiger partial charge in [-0.25, -0.2) is 0 Å². The molecule has 0 aliphatic carbocycles. The predicted molar refractivity (Wildman–Crippen MR) is 52.7 cm³/mol. The molecule has 0 aliphatic rings. The van der Waals surface area contributed by atoms with Crippen molar-refractivity contribution in [3.8, 4) is 5.75 Å². The molecular formula is C9H7ClF3NO3. The van der Waals surface area contributed by atoms with Crippen LogP contribution in [-0.2, 0) is 11.0 Å². The van der Waals surface area contributed by atoms with Crippen LogP contribution in [0.2, 0.25) is 5.02 Å². The van der Waals surface area contributed by atoms with Crippen LogP contribution in [0.1, 0.15) is 17.2 Å². The summed E-state index contributed by atoms with van der Waals surface area (Å²) in [5.41, 5.74) is 3.40. The van der Waals surface area contributed by atoms with Gasteiger partial charge in [-0.3, -0.25) is 4.79 Å². The van der Waals surface area contributed by atoms with Crippen molar-refractivity contribution in [2.75, 3.05) is 0 Å². The van der Waals surface area contributed by atoms with Crippen molar-refractivity contribution in [3.05, 3.63) is 28.3 Å². The second kappa shape index (κ2) is 4.42. The monoisotopic (exact) mass is 269 g/mol. The second-order valence-electron chi connectivity index (χ2n) is 3.21. The van der Waals surface area contributed by atoms with Crippen LogP contribution in [0.15, 0.2) is 12.1 Å². The van der Waals surface area contributed by atoms with Gasteiger partial charge >= 0.3 is 12.1 Å². The number of alkyl halides is 3. The van der Waals surface area contributed by atoms with E-state index in [4.69, 9.17) is 27.5 Å². The fourth-order valence-electron chi connectivity index (χ4n) is 1.16. The number of hydrogen-bond donors (Lipinski definition) is 3. The summed E-state index contributed by atoms with van der Waals surface area (Å²) in [5.74, 6) is -2.65. The number of nitrogens with two attached hydrogens (primary N) is 1. The molecular weight excluding hydrogens is 263 g/mol. The Balaban J connectivity index is 3.39. The van der Waals surface area contributed by atoms with Gasteiger partial charge in [-0.15, -0.1) is 0 Å². The highest BCUT2D eigenvalue weighted by molar-refractivity contribution is 6.32. The smallest absolute Gasteiger partial charge is 0.420 e. The van der Waals surface area contributed by atoms with Gasteiger partial charge in [-0.2, -0.15) is 13.2 Å². The zero-order valence-corrected chi connectivity index (χ0v) is 8.88. The number of phenolic OH excluding ortho intramolecular Hbond substituents is 1. The molecule has 0 aliphatic heterocycles. The molecule has 0 bridgehead atoms. The molecule has 0 radical (unpaired) electrons. The number of aromatic hydroxyl groups is 1. The van der Waals surface area contributed by atoms with E-state index in [0.717, 1.165) is 6.07 Å². The molecule has 0 aromatic heterocycles. The second-order valence-corrected chi connectivity index (χ2v) is 3.62. The zero-order valence-electron chi connectivity index (χ0n) is 8.12. The van der Waals surface area contributed by atoms with Crippen molar-refractivity contribution in [2.24, 2.45) is 5.73 Å². The number of aliphatic carboxylic acids is 1. The number of benzene rings is 1. The fourth-order valence-corrected chi connectivity index (χ4v) is 1.39. The van der Waals surface area contributed by atoms with Gasteiger partial charge in [0.1, 0.15) is 11.8 Å². The van der Waals surface area contributed by atoms with E-state index in [9.17, 15) is 18.0 Å². The van der Waals surface area contributed by atoms with E-state index in [-0.39, 0.29) is 5.56 Å². The maximum Gasteiger partial charge on any atom is 0.420 e. The lowest BCUT2D eigenvalue weighted by atomic mass is 10.0. The van der Waals surface area contributed by atoms with Crippen LogP contribution in [0.5, 0.6) is 5.75 Å². The number of rotatable bonds is 2. The summed E-state index contributed by atoms with van der Waals surface area (Å²) in [4.78, 5) is 10.5. The van der Waals surface area contributed by atoms with E-state index >= 15 is 0 Å². The first-order valence-corrected chi connectivity index (χ1v) is 4.60. The summed E-state index contributed by atoms with van der Waals surface area (Å²) in [7, 11) is 0. The van der Waals surface area contributed by atoms with Crippen LogP contribution < -0.4 is 5.73 Å². The third-order valence-electron chi connectivity index (χ3n) is 2.02. The van der Waals surface area contributed by atoms with Crippen LogP contribution in [0.3, 0.4) is 0 Å². The average molecular weight is 270 g/mol. The van der Waals surface area contributed by atoms with Crippen LogP contribution in [-0.4, -0.2) is 16.2 Å². The van der Waals surface area contributed by atoms with Gasteiger partial charge < -0.3 is 15.9 Å². The van der Waals surface area contributed by atoms with Crippen molar-refractivity contribution in [2.45, 2.75) is 12.2 Å². The first-order chi connectivity index (χ1) is 7.64. The Labute approximate surface area is 98.4 Å². The van der Waals surface area contributed by atoms with Crippen LogP contribution in [0.25, 0.3) is 0 Å². The molecule has 0 heterocycles. The van der Waals surface area contributed by atoms with Gasteiger partial charge in [0.05, 0.1) is 10.6 Å². The minimum Gasteiger partial charge on any atom is -0.506 e. The maximum atomic E-state index is 12.5. The summed E-state index contributed by atoms with van der Waals surface area (Å²) in [5, 5.41) is 17.1. The molecule has 94 valence electrons. The average Bonchev–Trinajstić information content (AvgIpc) is 2.18. The van der Waals surface area contributed by atoms with Crippen LogP contribution in [0.4, 0.5) is 13.2 Å². The summed E-state index contributed by atoms with van der Waals surface area (Å²) in [6.45, 7) is 0. The Morgan fingerprint density at radius 2 is 1.94 bits per heavy atom. The zero-order chi connectivity index (χ0) is 13.4. The Bertz CT molecular complexity index is 462. The Kier molecular flexibility index (Phi) is 3.53. The van der Waals surface area contributed by atoms with Gasteiger partial charge in [0.25, 0.3) is 0 Å². The molecule has 1 aromatic carbocycles. The van der Waals surface area contributed by atoms with Crippen molar-refractivity contribution >= 4 is 17.6 Å². The number of carboxylic acids is 1. The lowest BCUT2D eigenvalue weighted by Gasteiger charge is -2.14. The van der Waals surface area contributed by atoms with Gasteiger partial charge in [0.2, 0.25) is 0 Å². The van der Waals surface area contributed by atoms with E-state index < -0.39 is 34.5 Å². The Morgan fingerprint density at radius 1 is 1.41 bits per heavy atom. The molecule has 0 spiro atoms. The van der Waals surface area contributed by atoms with Gasteiger partial charge in [0, 0.05) is 0 Å². The number of carbonyl (C=O) groups is 1. The van der Waals surface area contributed by atoms with Crippen molar-refractivity contribution in [1.82, 2.24) is 0 Å². The normalized spacial score (nSPS) is 13.5. The van der Waals surface area contributed by atoms with E-state index in [1.807, 2.05) is 0 Å². The first kappa shape index (κ1) is 13.6. The SMILES string of the molecule is NC(C(=O)O)c1cc(Cl)c(O)c(C(F)(F)F)c1. The minimum atomic E-state index is -4.85. The predicted octanol–water partition coefficient (Wildman–Crippen LogP) is 2.15. The maximum absolute atomic E-state index is 12.5. The van der Waals surface area contributed by atoms with Gasteiger partial charge in [0.15, 0.2) is 0 Å². The number of halogens is 4. The summed E-state index contributed by atoms with van der Waals surface area (Å²) in [6, 6.07) is -0.306. The molecule has 0 saturated carbocycles. The number of phenols is 1. The van der Waals surface area contributed by atoms with Crippen LogP contribution >= 0.6 is 11.6 Å². The molecule has 4 N–H and O–H groups in total. The Morgan fingerprint density at radius 3 is 2.35 bits per heavy atom. The highest BCUT2D eigenvalue weighted by atomic mass is 35.5. The van der Waals surface area contributed by atoms with Crippen molar-refractivity contribution in [1.29, 1.82) is 0 Å². The largest absolute Gasteiger partial charge is 0.506 e. The molecule has 1 aromatic rings. The number of carboxylic acid groups (broad SMARTS) is 1. The van der Waals surface area contributed by atoms with Crippen molar-refractivity contribution in [3.63, 3.8) is 0 Å². The summed E-state index contributed by atoms with van der Waals surface area (Å²) in [6.07, 6.45) is -4.85. The molecule has 0 amide bonds. The minimum absolute atomic E-state index is 0.340. The quantitative estimate of drug-likeness (QED) is 0.768. The molecule has 1 atom stereocenters. The lowest BCUT2D eigenvalue weighted by molar-refractivity contribution is -0.140. The van der Waals surface area contributed by atoms with Gasteiger partial charge in [-0.05, 0) is 17.7 Å². The molecule has 17 heavy (non-hydrogen) atoms. The molecule has 1 rings (SSSR count). The molecule has 8 heteroatoms. The van der Waals surface area contributed by atoms with E-state index in [1.165, 1.54) is 0 Å². The van der Waals surface area contributed by atoms with Crippen LogP contribution in [0, 0.1) is 0 Å². The van der Waals surface area contributed by atoms with Crippen molar-refractivity contribution < 1.29 is 28.2 Å². The molecule has 0 saturated heterocycles. The van der Waals surface area contributed by atoms with E-state index in [1.54, 1.807) is 0 Å². The fraction of sp³-hybridized carbons (Fsp3) is 0.222. The van der Waals surface area contributed by atoms with E-state index in [2.05, 4.69) is 0 Å². The number of hydrogen-bond acceptors (Lipinski definition) is 3. The highest BCUT2D eigenvalue weighted by Crippen LogP contribution is 2.41.